The first-order valence-electron chi connectivity index (χ1n) is 6.94. The zero-order chi connectivity index (χ0) is 15.7. The molecule has 6 nitrogen and oxygen atoms in total. The summed E-state index contributed by atoms with van der Waals surface area (Å²) in [6.45, 7) is 3.94. The van der Waals surface area contributed by atoms with Crippen molar-refractivity contribution in [3.05, 3.63) is 46.7 Å². The Morgan fingerprint density at radius 3 is 2.91 bits per heavy atom. The van der Waals surface area contributed by atoms with Crippen LogP contribution >= 0.6 is 11.3 Å². The van der Waals surface area contributed by atoms with Crippen LogP contribution in [0.5, 0.6) is 0 Å². The number of hydrogen-bond donors (Lipinski definition) is 2. The first-order chi connectivity index (χ1) is 10.6. The lowest BCUT2D eigenvalue weighted by molar-refractivity contribution is 0.0940. The Balaban J connectivity index is 1.81. The Morgan fingerprint density at radius 1 is 1.45 bits per heavy atom. The van der Waals surface area contributed by atoms with Gasteiger partial charge in [0.25, 0.3) is 5.91 Å². The van der Waals surface area contributed by atoms with Crippen molar-refractivity contribution < 1.29 is 4.79 Å². The minimum atomic E-state index is -0.145. The highest BCUT2D eigenvalue weighted by molar-refractivity contribution is 7.13. The number of amides is 1. The number of nitrogens with one attached hydrogen (secondary N) is 2. The van der Waals surface area contributed by atoms with Crippen molar-refractivity contribution in [2.45, 2.75) is 19.9 Å². The largest absolute Gasteiger partial charge is 0.345 e. The van der Waals surface area contributed by atoms with E-state index >= 15 is 0 Å². The van der Waals surface area contributed by atoms with Gasteiger partial charge in [0.15, 0.2) is 0 Å². The van der Waals surface area contributed by atoms with E-state index in [1.54, 1.807) is 28.4 Å². The first kappa shape index (κ1) is 14.5. The number of carbonyl (C=O) groups is 1. The summed E-state index contributed by atoms with van der Waals surface area (Å²) in [4.78, 5) is 13.5. The summed E-state index contributed by atoms with van der Waals surface area (Å²) in [7, 11) is 1.89. The number of carbonyl (C=O) groups excluding carboxylic acids is 1. The number of thiophene rings is 1. The van der Waals surface area contributed by atoms with Gasteiger partial charge in [0.2, 0.25) is 0 Å². The van der Waals surface area contributed by atoms with Gasteiger partial charge in [-0.2, -0.15) is 10.2 Å². The molecule has 1 unspecified atom stereocenters. The van der Waals surface area contributed by atoms with Gasteiger partial charge in [0, 0.05) is 18.3 Å². The molecule has 0 aliphatic rings. The molecule has 0 aromatic carbocycles. The van der Waals surface area contributed by atoms with Crippen molar-refractivity contribution in [3.8, 4) is 10.6 Å². The lowest BCUT2D eigenvalue weighted by Crippen LogP contribution is -2.27. The summed E-state index contributed by atoms with van der Waals surface area (Å²) in [5.41, 5.74) is 3.36. The third kappa shape index (κ3) is 2.55. The van der Waals surface area contributed by atoms with Crippen LogP contribution in [0.15, 0.2) is 29.9 Å². The van der Waals surface area contributed by atoms with Crippen molar-refractivity contribution in [2.75, 3.05) is 0 Å². The minimum Gasteiger partial charge on any atom is -0.345 e. The van der Waals surface area contributed by atoms with Crippen LogP contribution in [-0.4, -0.2) is 25.9 Å². The highest BCUT2D eigenvalue weighted by atomic mass is 32.1. The van der Waals surface area contributed by atoms with Crippen LogP contribution in [0.2, 0.25) is 0 Å². The molecule has 0 aliphatic carbocycles. The number of aromatic nitrogens is 4. The van der Waals surface area contributed by atoms with Crippen LogP contribution in [0.4, 0.5) is 0 Å². The number of aryl methyl sites for hydroxylation is 1. The third-order valence-electron chi connectivity index (χ3n) is 3.74. The fourth-order valence-electron chi connectivity index (χ4n) is 2.36. The summed E-state index contributed by atoms with van der Waals surface area (Å²) < 4.78 is 1.80. The van der Waals surface area contributed by atoms with E-state index in [1.807, 2.05) is 38.4 Å². The molecule has 1 atom stereocenters. The molecule has 3 heterocycles. The monoisotopic (exact) mass is 315 g/mol. The fraction of sp³-hybridized carbons (Fsp3) is 0.267. The standard InChI is InChI=1S/C15H17N5OS/c1-9(11-8-17-20(3)10(11)2)18-15(21)12-7-16-19-14(12)13-5-4-6-22-13/h4-9H,1-3H3,(H,16,19)(H,18,21). The maximum atomic E-state index is 12.5. The van der Waals surface area contributed by atoms with E-state index in [-0.39, 0.29) is 11.9 Å². The van der Waals surface area contributed by atoms with E-state index in [1.165, 1.54) is 0 Å². The van der Waals surface area contributed by atoms with Crippen molar-refractivity contribution in [1.29, 1.82) is 0 Å². The predicted octanol–water partition coefficient (Wildman–Crippen LogP) is 2.67. The molecule has 22 heavy (non-hydrogen) atoms. The Bertz CT molecular complexity index is 787. The first-order valence-corrected chi connectivity index (χ1v) is 7.82. The van der Waals surface area contributed by atoms with Gasteiger partial charge in [-0.25, -0.2) is 0 Å². The van der Waals surface area contributed by atoms with Crippen LogP contribution in [-0.2, 0) is 7.05 Å². The summed E-state index contributed by atoms with van der Waals surface area (Å²) in [6, 6.07) is 3.79. The topological polar surface area (TPSA) is 75.6 Å². The molecule has 0 fully saturated rings. The molecule has 0 bridgehead atoms. The molecule has 3 rings (SSSR count). The molecule has 7 heteroatoms. The molecule has 2 N–H and O–H groups in total. The van der Waals surface area contributed by atoms with Crippen LogP contribution in [0.3, 0.4) is 0 Å². The molecular weight excluding hydrogens is 298 g/mol. The van der Waals surface area contributed by atoms with Crippen LogP contribution in [0.25, 0.3) is 10.6 Å². The fourth-order valence-corrected chi connectivity index (χ4v) is 3.09. The van der Waals surface area contributed by atoms with Crippen molar-refractivity contribution in [3.63, 3.8) is 0 Å². The number of aromatic amines is 1. The van der Waals surface area contributed by atoms with E-state index in [2.05, 4.69) is 20.6 Å². The second-order valence-electron chi connectivity index (χ2n) is 5.14. The number of rotatable bonds is 4. The van der Waals surface area contributed by atoms with E-state index < -0.39 is 0 Å². The number of hydrogen-bond acceptors (Lipinski definition) is 4. The molecule has 0 radical (unpaired) electrons. The maximum absolute atomic E-state index is 12.5. The molecule has 0 aliphatic heterocycles. The normalized spacial score (nSPS) is 12.3. The zero-order valence-electron chi connectivity index (χ0n) is 12.6. The van der Waals surface area contributed by atoms with Gasteiger partial charge in [-0.15, -0.1) is 11.3 Å². The summed E-state index contributed by atoms with van der Waals surface area (Å²) in [6.07, 6.45) is 3.35. The van der Waals surface area contributed by atoms with Crippen molar-refractivity contribution >= 4 is 17.2 Å². The SMILES string of the molecule is Cc1c(C(C)NC(=O)c2cn[nH]c2-c2cccs2)cnn1C. The second-order valence-corrected chi connectivity index (χ2v) is 6.09. The number of nitrogens with zero attached hydrogens (tertiary/aromatic N) is 3. The smallest absolute Gasteiger partial charge is 0.255 e. The van der Waals surface area contributed by atoms with Gasteiger partial charge in [0.1, 0.15) is 0 Å². The van der Waals surface area contributed by atoms with E-state index in [0.717, 1.165) is 21.8 Å². The molecule has 114 valence electrons. The van der Waals surface area contributed by atoms with Gasteiger partial charge in [0.05, 0.1) is 34.6 Å². The highest BCUT2D eigenvalue weighted by Gasteiger charge is 2.20. The lowest BCUT2D eigenvalue weighted by Gasteiger charge is -2.13. The van der Waals surface area contributed by atoms with Crippen LogP contribution in [0, 0.1) is 6.92 Å². The van der Waals surface area contributed by atoms with Gasteiger partial charge in [-0.1, -0.05) is 6.07 Å². The molecular formula is C15H17N5OS. The van der Waals surface area contributed by atoms with E-state index in [4.69, 9.17) is 0 Å². The zero-order valence-corrected chi connectivity index (χ0v) is 13.4. The lowest BCUT2D eigenvalue weighted by atomic mass is 10.1. The van der Waals surface area contributed by atoms with Crippen molar-refractivity contribution in [2.24, 2.45) is 7.05 Å². The van der Waals surface area contributed by atoms with Gasteiger partial charge in [-0.3, -0.25) is 14.6 Å². The predicted molar refractivity (Wildman–Crippen MR) is 85.7 cm³/mol. The van der Waals surface area contributed by atoms with Crippen molar-refractivity contribution in [1.82, 2.24) is 25.3 Å². The molecule has 3 aromatic rings. The minimum absolute atomic E-state index is 0.118. The highest BCUT2D eigenvalue weighted by Crippen LogP contribution is 2.26. The van der Waals surface area contributed by atoms with E-state index in [0.29, 0.717) is 5.56 Å². The Kier molecular flexibility index (Phi) is 3.81. The van der Waals surface area contributed by atoms with E-state index in [9.17, 15) is 4.79 Å². The third-order valence-corrected chi connectivity index (χ3v) is 4.63. The quantitative estimate of drug-likeness (QED) is 0.777. The molecule has 0 spiro atoms. The Labute approximate surface area is 132 Å². The maximum Gasteiger partial charge on any atom is 0.255 e. The Hall–Kier alpha value is -2.41. The van der Waals surface area contributed by atoms with Gasteiger partial charge < -0.3 is 5.32 Å². The molecule has 1 amide bonds. The summed E-state index contributed by atoms with van der Waals surface area (Å²) in [5, 5.41) is 16.1. The van der Waals surface area contributed by atoms with Gasteiger partial charge >= 0.3 is 0 Å². The number of H-pyrrole nitrogens is 1. The summed E-state index contributed by atoms with van der Waals surface area (Å²) >= 11 is 1.57. The average Bonchev–Trinajstić information content (AvgIpc) is 3.20. The van der Waals surface area contributed by atoms with Crippen LogP contribution in [0.1, 0.15) is 34.6 Å². The van der Waals surface area contributed by atoms with Crippen LogP contribution < -0.4 is 5.32 Å². The second kappa shape index (κ2) is 5.76. The summed E-state index contributed by atoms with van der Waals surface area (Å²) in [5.74, 6) is -0.145. The molecule has 0 saturated carbocycles. The van der Waals surface area contributed by atoms with Gasteiger partial charge in [-0.05, 0) is 25.3 Å². The Morgan fingerprint density at radius 2 is 2.27 bits per heavy atom. The molecule has 0 saturated heterocycles. The molecule has 3 aromatic heterocycles. The average molecular weight is 315 g/mol.